The highest BCUT2D eigenvalue weighted by Crippen LogP contribution is 2.27. The van der Waals surface area contributed by atoms with Gasteiger partial charge in [-0.2, -0.15) is 0 Å². The highest BCUT2D eigenvalue weighted by Gasteiger charge is 2.26. The van der Waals surface area contributed by atoms with Crippen LogP contribution in [0, 0.1) is 5.82 Å². The van der Waals surface area contributed by atoms with E-state index in [0.29, 0.717) is 5.56 Å². The summed E-state index contributed by atoms with van der Waals surface area (Å²) in [5.74, 6) is -0.513. The fourth-order valence-electron chi connectivity index (χ4n) is 1.36. The van der Waals surface area contributed by atoms with E-state index in [0.717, 1.165) is 6.07 Å². The van der Waals surface area contributed by atoms with E-state index in [1.807, 2.05) is 0 Å². The van der Waals surface area contributed by atoms with Crippen molar-refractivity contribution in [3.63, 3.8) is 0 Å². The molecule has 1 saturated heterocycles. The molecule has 1 heterocycles. The second-order valence-corrected chi connectivity index (χ2v) is 3.00. The van der Waals surface area contributed by atoms with Gasteiger partial charge in [0.25, 0.3) is 0 Å². The van der Waals surface area contributed by atoms with Crippen molar-refractivity contribution in [3.05, 3.63) is 29.6 Å². The van der Waals surface area contributed by atoms with Crippen LogP contribution in [-0.4, -0.2) is 17.8 Å². The van der Waals surface area contributed by atoms with E-state index in [-0.39, 0.29) is 12.4 Å². The molecule has 1 aromatic carbocycles. The zero-order valence-corrected chi connectivity index (χ0v) is 7.16. The van der Waals surface area contributed by atoms with E-state index >= 15 is 0 Å². The predicted molar refractivity (Wildman–Crippen MR) is 45.3 cm³/mol. The number of ether oxygens (including phenoxy) is 1. The molecule has 4 nitrogen and oxygen atoms in total. The summed E-state index contributed by atoms with van der Waals surface area (Å²) in [6, 6.07) is 3.10. The Morgan fingerprint density at radius 3 is 3.00 bits per heavy atom. The van der Waals surface area contributed by atoms with Gasteiger partial charge in [0, 0.05) is 5.56 Å². The first-order valence-electron chi connectivity index (χ1n) is 4.08. The Balaban J connectivity index is 2.31. The van der Waals surface area contributed by atoms with Gasteiger partial charge in [-0.15, -0.1) is 0 Å². The van der Waals surface area contributed by atoms with Crippen LogP contribution in [0.2, 0.25) is 0 Å². The minimum Gasteiger partial charge on any atom is -0.508 e. The van der Waals surface area contributed by atoms with Gasteiger partial charge in [0.1, 0.15) is 18.2 Å². The number of rotatable bonds is 1. The average Bonchev–Trinajstić information content (AvgIpc) is 2.56. The molecule has 1 atom stereocenters. The predicted octanol–water partition coefficient (Wildman–Crippen LogP) is 1.31. The zero-order valence-electron chi connectivity index (χ0n) is 7.16. The standard InChI is InChI=1S/C9H8FNO3/c10-5-1-2-8(12)6(3-5)7-4-14-9(13)11-7/h1-3,7,12H,4H2,(H,11,13)/t7-/m1/s1. The van der Waals surface area contributed by atoms with E-state index in [4.69, 9.17) is 0 Å². The number of cyclic esters (lactones) is 1. The maximum Gasteiger partial charge on any atom is 0.407 e. The van der Waals surface area contributed by atoms with Gasteiger partial charge in [0.05, 0.1) is 6.04 Å². The van der Waals surface area contributed by atoms with Gasteiger partial charge in [-0.3, -0.25) is 0 Å². The lowest BCUT2D eigenvalue weighted by molar-refractivity contribution is 0.177. The van der Waals surface area contributed by atoms with E-state index in [2.05, 4.69) is 10.1 Å². The molecule has 1 aliphatic heterocycles. The molecule has 14 heavy (non-hydrogen) atoms. The Kier molecular flexibility index (Phi) is 1.99. The van der Waals surface area contributed by atoms with Crippen LogP contribution < -0.4 is 5.32 Å². The second-order valence-electron chi connectivity index (χ2n) is 3.00. The Hall–Kier alpha value is -1.78. The summed E-state index contributed by atoms with van der Waals surface area (Å²) in [5, 5.41) is 11.9. The third kappa shape index (κ3) is 1.48. The van der Waals surface area contributed by atoms with Crippen LogP contribution >= 0.6 is 0 Å². The molecular formula is C9H8FNO3. The molecule has 1 amide bonds. The topological polar surface area (TPSA) is 58.6 Å². The van der Waals surface area contributed by atoms with Crippen molar-refractivity contribution in [2.75, 3.05) is 6.61 Å². The van der Waals surface area contributed by atoms with Gasteiger partial charge in [-0.1, -0.05) is 0 Å². The number of benzene rings is 1. The number of amides is 1. The van der Waals surface area contributed by atoms with Crippen molar-refractivity contribution in [1.29, 1.82) is 0 Å². The van der Waals surface area contributed by atoms with Crippen LogP contribution in [0.1, 0.15) is 11.6 Å². The van der Waals surface area contributed by atoms with Gasteiger partial charge in [0.15, 0.2) is 0 Å². The van der Waals surface area contributed by atoms with E-state index in [1.54, 1.807) is 0 Å². The summed E-state index contributed by atoms with van der Waals surface area (Å²) in [7, 11) is 0. The molecule has 1 aliphatic rings. The van der Waals surface area contributed by atoms with Crippen LogP contribution in [0.4, 0.5) is 9.18 Å². The highest BCUT2D eigenvalue weighted by molar-refractivity contribution is 5.70. The van der Waals surface area contributed by atoms with Crippen molar-refractivity contribution in [1.82, 2.24) is 5.32 Å². The van der Waals surface area contributed by atoms with E-state index in [1.165, 1.54) is 12.1 Å². The molecule has 2 rings (SSSR count). The summed E-state index contributed by atoms with van der Waals surface area (Å²) < 4.78 is 17.5. The number of halogens is 1. The number of hydrogen-bond donors (Lipinski definition) is 2. The van der Waals surface area contributed by atoms with Crippen molar-refractivity contribution in [2.24, 2.45) is 0 Å². The smallest absolute Gasteiger partial charge is 0.407 e. The number of hydrogen-bond acceptors (Lipinski definition) is 3. The Morgan fingerprint density at radius 1 is 1.57 bits per heavy atom. The molecule has 0 bridgehead atoms. The number of carbonyl (C=O) groups excluding carboxylic acids is 1. The molecule has 1 aromatic rings. The molecule has 5 heteroatoms. The molecule has 1 fully saturated rings. The maximum absolute atomic E-state index is 12.8. The highest BCUT2D eigenvalue weighted by atomic mass is 19.1. The van der Waals surface area contributed by atoms with Crippen molar-refractivity contribution >= 4 is 6.09 Å². The first-order valence-corrected chi connectivity index (χ1v) is 4.08. The summed E-state index contributed by atoms with van der Waals surface area (Å²) in [6.07, 6.45) is -0.557. The summed E-state index contributed by atoms with van der Waals surface area (Å²) in [6.45, 7) is 0.107. The number of carbonyl (C=O) groups is 1. The van der Waals surface area contributed by atoms with E-state index < -0.39 is 18.0 Å². The van der Waals surface area contributed by atoms with Gasteiger partial charge in [-0.25, -0.2) is 9.18 Å². The van der Waals surface area contributed by atoms with E-state index in [9.17, 15) is 14.3 Å². The summed E-state index contributed by atoms with van der Waals surface area (Å²) in [4.78, 5) is 10.7. The minimum absolute atomic E-state index is 0.0535. The van der Waals surface area contributed by atoms with Gasteiger partial charge in [0.2, 0.25) is 0 Å². The molecule has 0 aliphatic carbocycles. The maximum atomic E-state index is 12.8. The molecule has 74 valence electrons. The number of phenols is 1. The largest absolute Gasteiger partial charge is 0.508 e. The Bertz CT molecular complexity index is 380. The van der Waals surface area contributed by atoms with Crippen LogP contribution in [0.15, 0.2) is 18.2 Å². The lowest BCUT2D eigenvalue weighted by Gasteiger charge is -2.09. The van der Waals surface area contributed by atoms with Crippen molar-refractivity contribution < 1.29 is 19.0 Å². The van der Waals surface area contributed by atoms with Gasteiger partial charge < -0.3 is 15.2 Å². The Morgan fingerprint density at radius 2 is 2.36 bits per heavy atom. The Labute approximate surface area is 79.3 Å². The number of phenolic OH excluding ortho intramolecular Hbond substituents is 1. The molecule has 0 aromatic heterocycles. The first kappa shape index (κ1) is 8.80. The molecule has 0 radical (unpaired) electrons. The molecule has 2 N–H and O–H groups in total. The summed E-state index contributed by atoms with van der Waals surface area (Å²) in [5.41, 5.74) is 0.329. The van der Waals surface area contributed by atoms with Crippen LogP contribution in [0.5, 0.6) is 5.75 Å². The fraction of sp³-hybridized carbons (Fsp3) is 0.222. The zero-order chi connectivity index (χ0) is 10.1. The first-order chi connectivity index (χ1) is 6.66. The molecule has 0 spiro atoms. The third-order valence-corrected chi connectivity index (χ3v) is 2.04. The third-order valence-electron chi connectivity index (χ3n) is 2.04. The average molecular weight is 197 g/mol. The van der Waals surface area contributed by atoms with Gasteiger partial charge >= 0.3 is 6.09 Å². The fourth-order valence-corrected chi connectivity index (χ4v) is 1.36. The normalized spacial score (nSPS) is 20.4. The molecule has 0 saturated carbocycles. The number of aromatic hydroxyl groups is 1. The second kappa shape index (κ2) is 3.17. The summed E-state index contributed by atoms with van der Waals surface area (Å²) >= 11 is 0. The number of alkyl carbamates (subject to hydrolysis) is 1. The van der Waals surface area contributed by atoms with Crippen molar-refractivity contribution in [3.8, 4) is 5.75 Å². The van der Waals surface area contributed by atoms with Crippen LogP contribution in [-0.2, 0) is 4.74 Å². The SMILES string of the molecule is O=C1N[C@@H](c2cc(F)ccc2O)CO1. The van der Waals surface area contributed by atoms with Crippen molar-refractivity contribution in [2.45, 2.75) is 6.04 Å². The molecular weight excluding hydrogens is 189 g/mol. The quantitative estimate of drug-likeness (QED) is 0.713. The molecule has 0 unspecified atom stereocenters. The minimum atomic E-state index is -0.557. The van der Waals surface area contributed by atoms with Crippen LogP contribution in [0.25, 0.3) is 0 Å². The van der Waals surface area contributed by atoms with Crippen LogP contribution in [0.3, 0.4) is 0 Å². The monoisotopic (exact) mass is 197 g/mol. The number of nitrogens with one attached hydrogen (secondary N) is 1. The lowest BCUT2D eigenvalue weighted by Crippen LogP contribution is -2.18. The van der Waals surface area contributed by atoms with Gasteiger partial charge in [-0.05, 0) is 18.2 Å². The lowest BCUT2D eigenvalue weighted by atomic mass is 10.1.